The number of aryl methyl sites for hydroxylation is 2. The van der Waals surface area contributed by atoms with Crippen LogP contribution >= 0.6 is 0 Å². The summed E-state index contributed by atoms with van der Waals surface area (Å²) in [7, 11) is 1.57. The van der Waals surface area contributed by atoms with Crippen LogP contribution in [0.4, 0.5) is 0 Å². The minimum absolute atomic E-state index is 0.0919. The van der Waals surface area contributed by atoms with E-state index in [0.29, 0.717) is 5.75 Å². The van der Waals surface area contributed by atoms with Gasteiger partial charge in [0.05, 0.1) is 5.92 Å². The lowest BCUT2D eigenvalue weighted by molar-refractivity contribution is -0.143. The summed E-state index contributed by atoms with van der Waals surface area (Å²) in [5, 5.41) is 8.81. The number of nitrogens with zero attached hydrogens (tertiary/aromatic N) is 1. The van der Waals surface area contributed by atoms with Crippen LogP contribution in [0.25, 0.3) is 0 Å². The van der Waals surface area contributed by atoms with Crippen molar-refractivity contribution in [2.45, 2.75) is 20.8 Å². The molecule has 1 atom stereocenters. The quantitative estimate of drug-likeness (QED) is 0.863. The third-order valence-corrected chi connectivity index (χ3v) is 3.24. The number of hydrogen-bond acceptors (Lipinski definition) is 3. The van der Waals surface area contributed by atoms with Crippen LogP contribution in [0.2, 0.25) is 0 Å². The van der Waals surface area contributed by atoms with Crippen molar-refractivity contribution in [3.05, 3.63) is 29.3 Å². The molecule has 0 aliphatic heterocycles. The molecule has 0 bridgehead atoms. The van der Waals surface area contributed by atoms with Crippen LogP contribution in [-0.2, 0) is 9.59 Å². The molecule has 1 N–H and O–H groups in total. The number of hydrogen-bond donors (Lipinski definition) is 1. The van der Waals surface area contributed by atoms with Crippen molar-refractivity contribution in [2.75, 3.05) is 20.2 Å². The number of rotatable bonds is 6. The number of carboxylic acids is 1. The van der Waals surface area contributed by atoms with E-state index >= 15 is 0 Å². The van der Waals surface area contributed by atoms with Gasteiger partial charge in [0.2, 0.25) is 0 Å². The lowest BCUT2D eigenvalue weighted by atomic mass is 10.1. The zero-order valence-corrected chi connectivity index (χ0v) is 12.3. The van der Waals surface area contributed by atoms with Crippen molar-refractivity contribution in [1.82, 2.24) is 4.90 Å². The molecule has 0 fully saturated rings. The van der Waals surface area contributed by atoms with Crippen molar-refractivity contribution < 1.29 is 19.4 Å². The van der Waals surface area contributed by atoms with Gasteiger partial charge in [0.25, 0.3) is 5.91 Å². The van der Waals surface area contributed by atoms with Crippen LogP contribution in [0.3, 0.4) is 0 Å². The van der Waals surface area contributed by atoms with Crippen LogP contribution in [-0.4, -0.2) is 42.1 Å². The number of carboxylic acid groups (broad SMARTS) is 1. The molecule has 0 saturated carbocycles. The molecule has 0 radical (unpaired) electrons. The third kappa shape index (κ3) is 4.57. The number of amides is 1. The Morgan fingerprint density at radius 2 is 1.95 bits per heavy atom. The Morgan fingerprint density at radius 3 is 2.50 bits per heavy atom. The van der Waals surface area contributed by atoms with E-state index in [0.717, 1.165) is 11.1 Å². The molecule has 20 heavy (non-hydrogen) atoms. The average molecular weight is 279 g/mol. The maximum absolute atomic E-state index is 11.8. The standard InChI is InChI=1S/C15H21NO4/c1-10-5-6-13(7-11(10)2)20-9-14(17)16(4)8-12(3)15(18)19/h5-7,12H,8-9H2,1-4H3,(H,18,19). The first kappa shape index (κ1) is 16.0. The Balaban J connectivity index is 2.50. The van der Waals surface area contributed by atoms with Crippen LogP contribution < -0.4 is 4.74 Å². The highest BCUT2D eigenvalue weighted by Gasteiger charge is 2.17. The van der Waals surface area contributed by atoms with Crippen LogP contribution in [0.1, 0.15) is 18.1 Å². The maximum Gasteiger partial charge on any atom is 0.308 e. The molecule has 110 valence electrons. The summed E-state index contributed by atoms with van der Waals surface area (Å²) in [6, 6.07) is 5.63. The van der Waals surface area contributed by atoms with Crippen molar-refractivity contribution in [1.29, 1.82) is 0 Å². The molecule has 1 aromatic carbocycles. The van der Waals surface area contributed by atoms with Crippen molar-refractivity contribution in [2.24, 2.45) is 5.92 Å². The summed E-state index contributed by atoms with van der Waals surface area (Å²) in [5.41, 5.74) is 2.26. The largest absolute Gasteiger partial charge is 0.484 e. The summed E-state index contributed by atoms with van der Waals surface area (Å²) in [5.74, 6) is -1.11. The van der Waals surface area contributed by atoms with Gasteiger partial charge in [0.15, 0.2) is 6.61 Å². The Kier molecular flexibility index (Phi) is 5.55. The van der Waals surface area contributed by atoms with Gasteiger partial charge in [0.1, 0.15) is 5.75 Å². The molecule has 0 aliphatic carbocycles. The Hall–Kier alpha value is -2.04. The minimum atomic E-state index is -0.917. The van der Waals surface area contributed by atoms with Gasteiger partial charge >= 0.3 is 5.97 Å². The molecule has 0 saturated heterocycles. The van der Waals surface area contributed by atoms with Crippen LogP contribution in [0.5, 0.6) is 5.75 Å². The fourth-order valence-corrected chi connectivity index (χ4v) is 1.65. The third-order valence-electron chi connectivity index (χ3n) is 3.24. The number of benzene rings is 1. The zero-order chi connectivity index (χ0) is 15.3. The molecule has 1 amide bonds. The van der Waals surface area contributed by atoms with Crippen molar-refractivity contribution in [3.63, 3.8) is 0 Å². The molecule has 0 spiro atoms. The molecule has 0 aromatic heterocycles. The highest BCUT2D eigenvalue weighted by Crippen LogP contribution is 2.16. The highest BCUT2D eigenvalue weighted by atomic mass is 16.5. The number of likely N-dealkylation sites (N-methyl/N-ethyl adjacent to an activating group) is 1. The predicted molar refractivity (Wildman–Crippen MR) is 75.8 cm³/mol. The number of aliphatic carboxylic acids is 1. The number of carbonyl (C=O) groups is 2. The topological polar surface area (TPSA) is 66.8 Å². The van der Waals surface area contributed by atoms with Gasteiger partial charge in [-0.2, -0.15) is 0 Å². The average Bonchev–Trinajstić information content (AvgIpc) is 2.39. The van der Waals surface area contributed by atoms with Gasteiger partial charge in [-0.15, -0.1) is 0 Å². The number of ether oxygens (including phenoxy) is 1. The lowest BCUT2D eigenvalue weighted by Gasteiger charge is -2.19. The summed E-state index contributed by atoms with van der Waals surface area (Å²) >= 11 is 0. The van der Waals surface area contributed by atoms with Gasteiger partial charge < -0.3 is 14.7 Å². The lowest BCUT2D eigenvalue weighted by Crippen LogP contribution is -2.36. The highest BCUT2D eigenvalue weighted by molar-refractivity contribution is 5.78. The first-order valence-electron chi connectivity index (χ1n) is 6.48. The monoisotopic (exact) mass is 279 g/mol. The van der Waals surface area contributed by atoms with E-state index < -0.39 is 11.9 Å². The fraction of sp³-hybridized carbons (Fsp3) is 0.467. The molecule has 1 unspecified atom stereocenters. The normalized spacial score (nSPS) is 11.8. The number of carbonyl (C=O) groups excluding carboxylic acids is 1. The fourth-order valence-electron chi connectivity index (χ4n) is 1.65. The maximum atomic E-state index is 11.8. The van der Waals surface area contributed by atoms with Gasteiger partial charge in [-0.3, -0.25) is 9.59 Å². The molecular weight excluding hydrogens is 258 g/mol. The van der Waals surface area contributed by atoms with Gasteiger partial charge in [-0.25, -0.2) is 0 Å². The van der Waals surface area contributed by atoms with Crippen molar-refractivity contribution in [3.8, 4) is 5.75 Å². The van der Waals surface area contributed by atoms with Gasteiger partial charge in [0, 0.05) is 13.6 Å². The van der Waals surface area contributed by atoms with E-state index in [-0.39, 0.29) is 19.1 Å². The smallest absolute Gasteiger partial charge is 0.308 e. The summed E-state index contributed by atoms with van der Waals surface area (Å²) < 4.78 is 5.43. The first-order valence-corrected chi connectivity index (χ1v) is 6.48. The predicted octanol–water partition coefficient (Wildman–Crippen LogP) is 1.86. The molecular formula is C15H21NO4. The molecule has 0 aliphatic rings. The Morgan fingerprint density at radius 1 is 1.30 bits per heavy atom. The van der Waals surface area contributed by atoms with Gasteiger partial charge in [-0.1, -0.05) is 13.0 Å². The molecule has 5 nitrogen and oxygen atoms in total. The van der Waals surface area contributed by atoms with Crippen molar-refractivity contribution >= 4 is 11.9 Å². The second-order valence-corrected chi connectivity index (χ2v) is 5.05. The van der Waals surface area contributed by atoms with E-state index in [2.05, 4.69) is 0 Å². The second kappa shape index (κ2) is 6.93. The van der Waals surface area contributed by atoms with E-state index in [4.69, 9.17) is 9.84 Å². The molecule has 1 aromatic rings. The molecule has 5 heteroatoms. The first-order chi connectivity index (χ1) is 9.31. The SMILES string of the molecule is Cc1ccc(OCC(=O)N(C)CC(C)C(=O)O)cc1C. The molecule has 0 heterocycles. The summed E-state index contributed by atoms with van der Waals surface area (Å²) in [4.78, 5) is 23.9. The van der Waals surface area contributed by atoms with E-state index in [1.54, 1.807) is 14.0 Å². The second-order valence-electron chi connectivity index (χ2n) is 5.05. The summed E-state index contributed by atoms with van der Waals surface area (Å²) in [6.45, 7) is 5.63. The van der Waals surface area contributed by atoms with Gasteiger partial charge in [-0.05, 0) is 37.1 Å². The van der Waals surface area contributed by atoms with E-state index in [9.17, 15) is 9.59 Å². The Bertz CT molecular complexity index is 499. The summed E-state index contributed by atoms with van der Waals surface area (Å²) in [6.07, 6.45) is 0. The van der Waals surface area contributed by atoms with Crippen LogP contribution in [0.15, 0.2) is 18.2 Å². The van der Waals surface area contributed by atoms with E-state index in [1.807, 2.05) is 32.0 Å². The van der Waals surface area contributed by atoms with Crippen LogP contribution in [0, 0.1) is 19.8 Å². The molecule has 1 rings (SSSR count). The Labute approximate surface area is 119 Å². The van der Waals surface area contributed by atoms with E-state index in [1.165, 1.54) is 4.90 Å². The zero-order valence-electron chi connectivity index (χ0n) is 12.3. The minimum Gasteiger partial charge on any atom is -0.484 e.